The van der Waals surface area contributed by atoms with Gasteiger partial charge in [0, 0.05) is 19.3 Å². The third-order valence-electron chi connectivity index (χ3n) is 3.33. The smallest absolute Gasteiger partial charge is 0.233 e. The number of hydrogen-bond donors (Lipinski definition) is 1. The number of nitrogens with one attached hydrogen (secondary N) is 1. The Balaban J connectivity index is 0.00000144. The lowest BCUT2D eigenvalue weighted by Gasteiger charge is -2.28. The van der Waals surface area contributed by atoms with Crippen LogP contribution in [-0.4, -0.2) is 26.0 Å². The SMILES string of the molecule is CN(C(=O)C1(C)CCNC1)c1ccccc1.Cl. The van der Waals surface area contributed by atoms with Crippen molar-refractivity contribution in [1.29, 1.82) is 0 Å². The van der Waals surface area contributed by atoms with Gasteiger partial charge in [-0.3, -0.25) is 4.79 Å². The van der Waals surface area contributed by atoms with Crippen LogP contribution in [-0.2, 0) is 4.79 Å². The molecule has 1 amide bonds. The fourth-order valence-electron chi connectivity index (χ4n) is 2.17. The van der Waals surface area contributed by atoms with Crippen LogP contribution in [0.3, 0.4) is 0 Å². The van der Waals surface area contributed by atoms with Crippen molar-refractivity contribution < 1.29 is 4.79 Å². The molecular weight excluding hydrogens is 236 g/mol. The van der Waals surface area contributed by atoms with Crippen LogP contribution in [0.25, 0.3) is 0 Å². The number of carbonyl (C=O) groups excluding carboxylic acids is 1. The summed E-state index contributed by atoms with van der Waals surface area (Å²) in [7, 11) is 1.85. The van der Waals surface area contributed by atoms with Crippen molar-refractivity contribution in [2.75, 3.05) is 25.0 Å². The quantitative estimate of drug-likeness (QED) is 0.876. The van der Waals surface area contributed by atoms with Gasteiger partial charge in [-0.2, -0.15) is 0 Å². The van der Waals surface area contributed by atoms with Crippen molar-refractivity contribution in [1.82, 2.24) is 5.32 Å². The molecular formula is C13H19ClN2O. The van der Waals surface area contributed by atoms with E-state index in [0.29, 0.717) is 0 Å². The molecule has 0 aliphatic carbocycles. The second-order valence-corrected chi connectivity index (χ2v) is 4.69. The van der Waals surface area contributed by atoms with Gasteiger partial charge in [-0.25, -0.2) is 0 Å². The molecule has 1 fully saturated rings. The molecule has 0 saturated carbocycles. The summed E-state index contributed by atoms with van der Waals surface area (Å²) in [5.74, 6) is 0.198. The minimum absolute atomic E-state index is 0. The zero-order chi connectivity index (χ0) is 11.6. The highest BCUT2D eigenvalue weighted by Gasteiger charge is 2.38. The van der Waals surface area contributed by atoms with Gasteiger partial charge in [0.05, 0.1) is 5.41 Å². The van der Waals surface area contributed by atoms with Crippen molar-refractivity contribution in [2.24, 2.45) is 5.41 Å². The molecule has 0 spiro atoms. The summed E-state index contributed by atoms with van der Waals surface area (Å²) >= 11 is 0. The van der Waals surface area contributed by atoms with Crippen LogP contribution >= 0.6 is 12.4 Å². The Labute approximate surface area is 109 Å². The number of amides is 1. The number of anilines is 1. The summed E-state index contributed by atoms with van der Waals surface area (Å²) < 4.78 is 0. The largest absolute Gasteiger partial charge is 0.316 e. The van der Waals surface area contributed by atoms with Crippen LogP contribution < -0.4 is 10.2 Å². The van der Waals surface area contributed by atoms with E-state index in [9.17, 15) is 4.79 Å². The van der Waals surface area contributed by atoms with E-state index in [1.165, 1.54) is 0 Å². The number of rotatable bonds is 2. The monoisotopic (exact) mass is 254 g/mol. The molecule has 1 aliphatic heterocycles. The van der Waals surface area contributed by atoms with E-state index >= 15 is 0 Å². The van der Waals surface area contributed by atoms with Crippen molar-refractivity contribution in [3.8, 4) is 0 Å². The van der Waals surface area contributed by atoms with Gasteiger partial charge >= 0.3 is 0 Å². The minimum Gasteiger partial charge on any atom is -0.316 e. The molecule has 1 aliphatic rings. The summed E-state index contributed by atoms with van der Waals surface area (Å²) in [5, 5.41) is 3.25. The van der Waals surface area contributed by atoms with E-state index in [2.05, 4.69) is 5.32 Å². The fraction of sp³-hybridized carbons (Fsp3) is 0.462. The molecule has 2 rings (SSSR count). The summed E-state index contributed by atoms with van der Waals surface area (Å²) in [6.45, 7) is 3.75. The number of para-hydroxylation sites is 1. The zero-order valence-electron chi connectivity index (χ0n) is 10.3. The molecule has 1 N–H and O–H groups in total. The van der Waals surface area contributed by atoms with Gasteiger partial charge < -0.3 is 10.2 Å². The Morgan fingerprint density at radius 2 is 2.00 bits per heavy atom. The fourth-order valence-corrected chi connectivity index (χ4v) is 2.17. The van der Waals surface area contributed by atoms with Crippen molar-refractivity contribution >= 4 is 24.0 Å². The molecule has 17 heavy (non-hydrogen) atoms. The predicted molar refractivity (Wildman–Crippen MR) is 72.7 cm³/mol. The molecule has 0 radical (unpaired) electrons. The molecule has 0 bridgehead atoms. The lowest BCUT2D eigenvalue weighted by molar-refractivity contribution is -0.126. The highest BCUT2D eigenvalue weighted by atomic mass is 35.5. The highest BCUT2D eigenvalue weighted by Crippen LogP contribution is 2.28. The first-order valence-corrected chi connectivity index (χ1v) is 5.67. The van der Waals surface area contributed by atoms with Gasteiger partial charge in [0.15, 0.2) is 0 Å². The van der Waals surface area contributed by atoms with Crippen LogP contribution in [0.5, 0.6) is 0 Å². The third-order valence-corrected chi connectivity index (χ3v) is 3.33. The summed E-state index contributed by atoms with van der Waals surface area (Å²) in [4.78, 5) is 14.1. The maximum Gasteiger partial charge on any atom is 0.233 e. The van der Waals surface area contributed by atoms with Gasteiger partial charge in [-0.05, 0) is 32.0 Å². The van der Waals surface area contributed by atoms with Crippen LogP contribution in [0.4, 0.5) is 5.69 Å². The van der Waals surface area contributed by atoms with Crippen LogP contribution in [0, 0.1) is 5.41 Å². The standard InChI is InChI=1S/C13H18N2O.ClH/c1-13(8-9-14-10-13)12(16)15(2)11-6-4-3-5-7-11;/h3-7,14H,8-10H2,1-2H3;1H. The van der Waals surface area contributed by atoms with Crippen molar-refractivity contribution in [2.45, 2.75) is 13.3 Å². The molecule has 94 valence electrons. The van der Waals surface area contributed by atoms with Gasteiger partial charge in [0.1, 0.15) is 0 Å². The van der Waals surface area contributed by atoms with Crippen molar-refractivity contribution in [3.63, 3.8) is 0 Å². The summed E-state index contributed by atoms with van der Waals surface area (Å²) in [6.07, 6.45) is 0.920. The van der Waals surface area contributed by atoms with E-state index < -0.39 is 0 Å². The van der Waals surface area contributed by atoms with E-state index in [-0.39, 0.29) is 23.7 Å². The second-order valence-electron chi connectivity index (χ2n) is 4.69. The number of benzene rings is 1. The van der Waals surface area contributed by atoms with Gasteiger partial charge in [0.25, 0.3) is 0 Å². The maximum absolute atomic E-state index is 12.4. The molecule has 1 atom stereocenters. The normalized spacial score (nSPS) is 22.9. The molecule has 3 nitrogen and oxygen atoms in total. The maximum atomic E-state index is 12.4. The Bertz CT molecular complexity index is 374. The minimum atomic E-state index is -0.245. The van der Waals surface area contributed by atoms with E-state index in [1.54, 1.807) is 4.90 Å². The molecule has 1 saturated heterocycles. The average Bonchev–Trinajstić information content (AvgIpc) is 2.77. The first-order valence-electron chi connectivity index (χ1n) is 5.67. The predicted octanol–water partition coefficient (Wildman–Crippen LogP) is 2.07. The second kappa shape index (κ2) is 5.52. The average molecular weight is 255 g/mol. The Kier molecular flexibility index (Phi) is 4.54. The van der Waals surface area contributed by atoms with E-state index in [4.69, 9.17) is 0 Å². The summed E-state index contributed by atoms with van der Waals surface area (Å²) in [6, 6.07) is 9.79. The molecule has 1 aromatic carbocycles. The zero-order valence-corrected chi connectivity index (χ0v) is 11.1. The van der Waals surface area contributed by atoms with Gasteiger partial charge in [-0.15, -0.1) is 12.4 Å². The third kappa shape index (κ3) is 2.79. The molecule has 1 unspecified atom stereocenters. The van der Waals surface area contributed by atoms with Crippen LogP contribution in [0.1, 0.15) is 13.3 Å². The molecule has 1 heterocycles. The molecule has 1 aromatic rings. The number of carbonyl (C=O) groups is 1. The lowest BCUT2D eigenvalue weighted by atomic mass is 9.88. The van der Waals surface area contributed by atoms with Gasteiger partial charge in [0.2, 0.25) is 5.91 Å². The number of hydrogen-bond acceptors (Lipinski definition) is 2. The van der Waals surface area contributed by atoms with E-state index in [1.807, 2.05) is 44.3 Å². The molecule has 0 aromatic heterocycles. The first-order chi connectivity index (χ1) is 7.63. The number of halogens is 1. The highest BCUT2D eigenvalue weighted by molar-refractivity contribution is 5.97. The topological polar surface area (TPSA) is 32.3 Å². The Morgan fingerprint density at radius 3 is 2.53 bits per heavy atom. The lowest BCUT2D eigenvalue weighted by Crippen LogP contribution is -2.41. The molecule has 4 heteroatoms. The number of nitrogens with zero attached hydrogens (tertiary/aromatic N) is 1. The van der Waals surface area contributed by atoms with Crippen LogP contribution in [0.2, 0.25) is 0 Å². The Morgan fingerprint density at radius 1 is 1.35 bits per heavy atom. The summed E-state index contributed by atoms with van der Waals surface area (Å²) in [5.41, 5.74) is 0.713. The van der Waals surface area contributed by atoms with Crippen molar-refractivity contribution in [3.05, 3.63) is 30.3 Å². The first kappa shape index (κ1) is 14.0. The van der Waals surface area contributed by atoms with E-state index in [0.717, 1.165) is 25.2 Å². The Hall–Kier alpha value is -1.06. The van der Waals surface area contributed by atoms with Gasteiger partial charge in [-0.1, -0.05) is 18.2 Å². The van der Waals surface area contributed by atoms with Crippen LogP contribution in [0.15, 0.2) is 30.3 Å².